The summed E-state index contributed by atoms with van der Waals surface area (Å²) in [6.07, 6.45) is 3.42. The van der Waals surface area contributed by atoms with Crippen LogP contribution < -0.4 is 14.5 Å². The fourth-order valence-electron chi connectivity index (χ4n) is 3.82. The third kappa shape index (κ3) is 6.79. The molecule has 0 bridgehead atoms. The van der Waals surface area contributed by atoms with Crippen LogP contribution in [0.4, 0.5) is 5.82 Å². The monoisotopic (exact) mass is 528 g/mol. The van der Waals surface area contributed by atoms with Gasteiger partial charge in [-0.15, -0.1) is 24.8 Å². The summed E-state index contributed by atoms with van der Waals surface area (Å²) in [6.45, 7) is 9.22. The highest BCUT2D eigenvalue weighted by Crippen LogP contribution is 2.37. The van der Waals surface area contributed by atoms with Crippen LogP contribution in [0.25, 0.3) is 22.3 Å². The molecule has 188 valence electrons. The molecule has 1 aromatic heterocycles. The van der Waals surface area contributed by atoms with E-state index in [2.05, 4.69) is 30.8 Å². The number of benzene rings is 2. The average molecular weight is 530 g/mol. The standard InChI is InChI=1S/C25H33ClN4O2.2ClH/c1-6-9-10-15-30(29(7-2)8-3)25-20-16-22(31-4)23(32-5)17-21(20)27-24(28-25)18-11-13-19(26)14-12-18;;/h11-14,16-17H,6-10,15H2,1-5H3;2*1H. The quantitative estimate of drug-likeness (QED) is 0.196. The number of hydrazine groups is 1. The lowest BCUT2D eigenvalue weighted by Crippen LogP contribution is -2.44. The fourth-order valence-corrected chi connectivity index (χ4v) is 3.95. The number of ether oxygens (including phenoxy) is 2. The van der Waals surface area contributed by atoms with E-state index in [4.69, 9.17) is 31.0 Å². The molecular formula is C25H35Cl3N4O2. The first-order valence-corrected chi connectivity index (χ1v) is 11.7. The van der Waals surface area contributed by atoms with Crippen molar-refractivity contribution in [1.82, 2.24) is 15.0 Å². The van der Waals surface area contributed by atoms with E-state index in [1.165, 1.54) is 6.42 Å². The molecule has 0 fully saturated rings. The molecule has 3 aromatic rings. The predicted molar refractivity (Wildman–Crippen MR) is 147 cm³/mol. The van der Waals surface area contributed by atoms with Crippen LogP contribution in [0.15, 0.2) is 36.4 Å². The maximum atomic E-state index is 6.11. The first-order valence-electron chi connectivity index (χ1n) is 11.3. The maximum Gasteiger partial charge on any atom is 0.162 e. The van der Waals surface area contributed by atoms with Crippen LogP contribution in [0, 0.1) is 0 Å². The van der Waals surface area contributed by atoms with E-state index in [0.29, 0.717) is 22.3 Å². The van der Waals surface area contributed by atoms with Crippen molar-refractivity contribution < 1.29 is 9.47 Å². The number of rotatable bonds is 11. The van der Waals surface area contributed by atoms with Crippen LogP contribution in [0.5, 0.6) is 11.5 Å². The van der Waals surface area contributed by atoms with Crippen LogP contribution in [0.1, 0.15) is 40.0 Å². The highest BCUT2D eigenvalue weighted by Gasteiger charge is 2.21. The minimum absolute atomic E-state index is 0. The van der Waals surface area contributed by atoms with Crippen molar-refractivity contribution in [2.45, 2.75) is 40.0 Å². The van der Waals surface area contributed by atoms with Crippen LogP contribution in [-0.4, -0.2) is 48.8 Å². The first kappa shape index (κ1) is 30.0. The second-order valence-electron chi connectivity index (χ2n) is 7.57. The molecule has 1 heterocycles. The second-order valence-corrected chi connectivity index (χ2v) is 8.01. The van der Waals surface area contributed by atoms with Gasteiger partial charge in [-0.05, 0) is 36.8 Å². The Morgan fingerprint density at radius 3 is 2.03 bits per heavy atom. The molecule has 0 aliphatic heterocycles. The highest BCUT2D eigenvalue weighted by atomic mass is 35.5. The summed E-state index contributed by atoms with van der Waals surface area (Å²) in [5, 5.41) is 6.24. The van der Waals surface area contributed by atoms with Gasteiger partial charge in [-0.1, -0.05) is 45.2 Å². The number of hydrogen-bond acceptors (Lipinski definition) is 6. The van der Waals surface area contributed by atoms with Gasteiger partial charge in [0.2, 0.25) is 0 Å². The summed E-state index contributed by atoms with van der Waals surface area (Å²) in [5.41, 5.74) is 1.73. The molecule has 9 heteroatoms. The van der Waals surface area contributed by atoms with E-state index in [1.807, 2.05) is 36.4 Å². The van der Waals surface area contributed by atoms with Gasteiger partial charge in [0, 0.05) is 41.7 Å². The lowest BCUT2D eigenvalue weighted by atomic mass is 10.1. The van der Waals surface area contributed by atoms with Crippen molar-refractivity contribution in [3.63, 3.8) is 0 Å². The Labute approximate surface area is 220 Å². The lowest BCUT2D eigenvalue weighted by Gasteiger charge is -2.35. The van der Waals surface area contributed by atoms with Gasteiger partial charge in [0.1, 0.15) is 0 Å². The molecule has 0 atom stereocenters. The molecule has 0 spiro atoms. The topological polar surface area (TPSA) is 50.7 Å². The molecule has 0 amide bonds. The number of anilines is 1. The molecular weight excluding hydrogens is 495 g/mol. The van der Waals surface area contributed by atoms with Crippen molar-refractivity contribution in [2.75, 3.05) is 38.9 Å². The molecule has 34 heavy (non-hydrogen) atoms. The van der Waals surface area contributed by atoms with Gasteiger partial charge in [0.15, 0.2) is 23.1 Å². The fraction of sp³-hybridized carbons (Fsp3) is 0.440. The molecule has 0 aliphatic rings. The van der Waals surface area contributed by atoms with Crippen LogP contribution in [0.2, 0.25) is 5.02 Å². The number of nitrogens with zero attached hydrogens (tertiary/aromatic N) is 4. The largest absolute Gasteiger partial charge is 0.493 e. The summed E-state index contributed by atoms with van der Waals surface area (Å²) < 4.78 is 11.1. The Balaban J connectivity index is 0.00000289. The SMILES string of the molecule is CCCCCN(c1nc(-c2ccc(Cl)cc2)nc2cc(OC)c(OC)cc12)N(CC)CC.Cl.Cl. The summed E-state index contributed by atoms with van der Waals surface area (Å²) in [5.74, 6) is 2.84. The number of hydrogen-bond donors (Lipinski definition) is 0. The smallest absolute Gasteiger partial charge is 0.162 e. The maximum absolute atomic E-state index is 6.11. The van der Waals surface area contributed by atoms with Crippen LogP contribution in [-0.2, 0) is 0 Å². The molecule has 0 unspecified atom stereocenters. The minimum atomic E-state index is 0. The van der Waals surface area contributed by atoms with Crippen molar-refractivity contribution in [3.05, 3.63) is 41.4 Å². The van der Waals surface area contributed by atoms with E-state index in [9.17, 15) is 0 Å². The number of halogens is 3. The molecule has 0 radical (unpaired) electrons. The zero-order chi connectivity index (χ0) is 23.1. The van der Waals surface area contributed by atoms with Gasteiger partial charge in [-0.25, -0.2) is 15.0 Å². The number of unbranched alkanes of at least 4 members (excludes halogenated alkanes) is 2. The first-order chi connectivity index (χ1) is 15.6. The van der Waals surface area contributed by atoms with E-state index >= 15 is 0 Å². The van der Waals surface area contributed by atoms with Gasteiger partial charge in [0.05, 0.1) is 19.7 Å². The van der Waals surface area contributed by atoms with Gasteiger partial charge in [-0.2, -0.15) is 0 Å². The number of fused-ring (bicyclic) bond motifs is 1. The Morgan fingerprint density at radius 1 is 0.853 bits per heavy atom. The summed E-state index contributed by atoms with van der Waals surface area (Å²) >= 11 is 6.11. The predicted octanol–water partition coefficient (Wildman–Crippen LogP) is 7.06. The molecule has 0 N–H and O–H groups in total. The Bertz CT molecular complexity index is 1030. The molecule has 6 nitrogen and oxygen atoms in total. The lowest BCUT2D eigenvalue weighted by molar-refractivity contribution is 0.271. The van der Waals surface area contributed by atoms with Gasteiger partial charge in [0.25, 0.3) is 0 Å². The normalized spacial score (nSPS) is 10.6. The van der Waals surface area contributed by atoms with E-state index in [0.717, 1.165) is 54.8 Å². The average Bonchev–Trinajstić information content (AvgIpc) is 2.82. The third-order valence-corrected chi connectivity index (χ3v) is 5.82. The second kappa shape index (κ2) is 14.4. The Morgan fingerprint density at radius 2 is 1.47 bits per heavy atom. The zero-order valence-corrected chi connectivity index (χ0v) is 22.9. The third-order valence-electron chi connectivity index (χ3n) is 5.57. The number of aromatic nitrogens is 2. The molecule has 3 rings (SSSR count). The van der Waals surface area contributed by atoms with Crippen LogP contribution >= 0.6 is 36.4 Å². The van der Waals surface area contributed by atoms with Gasteiger partial charge >= 0.3 is 0 Å². The van der Waals surface area contributed by atoms with Crippen LogP contribution in [0.3, 0.4) is 0 Å². The zero-order valence-electron chi connectivity index (χ0n) is 20.5. The summed E-state index contributed by atoms with van der Waals surface area (Å²) in [6, 6.07) is 11.5. The summed E-state index contributed by atoms with van der Waals surface area (Å²) in [7, 11) is 3.29. The van der Waals surface area contributed by atoms with Crippen molar-refractivity contribution in [1.29, 1.82) is 0 Å². The molecule has 0 saturated heterocycles. The van der Waals surface area contributed by atoms with Gasteiger partial charge in [-0.3, -0.25) is 5.01 Å². The molecule has 0 saturated carbocycles. The minimum Gasteiger partial charge on any atom is -0.493 e. The number of methoxy groups -OCH3 is 2. The van der Waals surface area contributed by atoms with Crippen molar-refractivity contribution in [2.24, 2.45) is 0 Å². The molecule has 0 aliphatic carbocycles. The highest BCUT2D eigenvalue weighted by molar-refractivity contribution is 6.30. The molecule has 2 aromatic carbocycles. The van der Waals surface area contributed by atoms with E-state index in [1.54, 1.807) is 14.2 Å². The van der Waals surface area contributed by atoms with Crippen molar-refractivity contribution >= 4 is 53.1 Å². The van der Waals surface area contributed by atoms with Crippen molar-refractivity contribution in [3.8, 4) is 22.9 Å². The Hall–Kier alpha value is -1.99. The van der Waals surface area contributed by atoms with Gasteiger partial charge < -0.3 is 9.47 Å². The Kier molecular flexibility index (Phi) is 12.7. The van der Waals surface area contributed by atoms with E-state index < -0.39 is 0 Å². The van der Waals surface area contributed by atoms with E-state index in [-0.39, 0.29) is 24.8 Å². The summed E-state index contributed by atoms with van der Waals surface area (Å²) in [4.78, 5) is 9.94.